The Morgan fingerprint density at radius 2 is 1.81 bits per heavy atom. The number of hydrogen-bond acceptors (Lipinski definition) is 1. The number of fused-ring (bicyclic) bond motifs is 1. The highest BCUT2D eigenvalue weighted by Gasteiger charge is 2.42. The number of hydrogen-bond donors (Lipinski definition) is 0. The van der Waals surface area contributed by atoms with Crippen LogP contribution in [0.15, 0.2) is 23.2 Å². The van der Waals surface area contributed by atoms with Crippen LogP contribution in [-0.4, -0.2) is 5.71 Å². The van der Waals surface area contributed by atoms with Crippen LogP contribution < -0.4 is 0 Å². The summed E-state index contributed by atoms with van der Waals surface area (Å²) >= 11 is 0. The van der Waals surface area contributed by atoms with Gasteiger partial charge in [0.15, 0.2) is 0 Å². The number of nitrogens with zero attached hydrogens (tertiary/aromatic N) is 1. The van der Waals surface area contributed by atoms with Crippen LogP contribution in [0.3, 0.4) is 0 Å². The first-order chi connectivity index (χ1) is 7.24. The molecule has 0 radical (unpaired) electrons. The number of aliphatic imine (C=N–C) groups is 1. The molecule has 1 nitrogen and oxygen atoms in total. The lowest BCUT2D eigenvalue weighted by molar-refractivity contribution is -0.138. The van der Waals surface area contributed by atoms with Crippen LogP contribution in [-0.2, 0) is 11.6 Å². The van der Waals surface area contributed by atoms with E-state index in [2.05, 4.69) is 4.99 Å². The van der Waals surface area contributed by atoms with Crippen molar-refractivity contribution in [1.29, 1.82) is 0 Å². The van der Waals surface area contributed by atoms with Gasteiger partial charge < -0.3 is 0 Å². The van der Waals surface area contributed by atoms with Crippen molar-refractivity contribution in [1.82, 2.24) is 0 Å². The van der Waals surface area contributed by atoms with Gasteiger partial charge in [-0.15, -0.1) is 0 Å². The third kappa shape index (κ3) is 1.44. The fourth-order valence-corrected chi connectivity index (χ4v) is 2.03. The van der Waals surface area contributed by atoms with Gasteiger partial charge in [0.05, 0.1) is 11.3 Å². The van der Waals surface area contributed by atoms with Crippen LogP contribution in [0.25, 0.3) is 0 Å². The molecule has 0 saturated heterocycles. The van der Waals surface area contributed by atoms with Gasteiger partial charge in [-0.05, 0) is 19.1 Å². The van der Waals surface area contributed by atoms with Crippen LogP contribution in [0.5, 0.6) is 0 Å². The Morgan fingerprint density at radius 1 is 1.19 bits per heavy atom. The summed E-state index contributed by atoms with van der Waals surface area (Å²) in [7, 11) is 0. The van der Waals surface area contributed by atoms with E-state index in [9.17, 15) is 13.2 Å². The molecule has 1 aromatic carbocycles. The summed E-state index contributed by atoms with van der Waals surface area (Å²) in [6.45, 7) is 5.31. The Labute approximate surface area is 92.0 Å². The first kappa shape index (κ1) is 11.2. The number of alkyl halides is 3. The lowest BCUT2D eigenvalue weighted by Gasteiger charge is -2.24. The van der Waals surface area contributed by atoms with Crippen molar-refractivity contribution in [3.63, 3.8) is 0 Å². The highest BCUT2D eigenvalue weighted by molar-refractivity contribution is 6.00. The van der Waals surface area contributed by atoms with E-state index in [0.717, 1.165) is 11.8 Å². The molecule has 0 aliphatic carbocycles. The minimum atomic E-state index is -4.32. The number of rotatable bonds is 0. The maximum atomic E-state index is 12.9. The van der Waals surface area contributed by atoms with E-state index in [1.807, 2.05) is 0 Å². The Morgan fingerprint density at radius 3 is 2.38 bits per heavy atom. The van der Waals surface area contributed by atoms with E-state index in [1.54, 1.807) is 26.8 Å². The van der Waals surface area contributed by atoms with E-state index >= 15 is 0 Å². The fraction of sp³-hybridized carbons (Fsp3) is 0.417. The summed E-state index contributed by atoms with van der Waals surface area (Å²) < 4.78 is 38.6. The van der Waals surface area contributed by atoms with E-state index in [1.165, 1.54) is 6.07 Å². The Hall–Kier alpha value is -1.32. The molecule has 1 aliphatic rings. The third-order valence-electron chi connectivity index (χ3n) is 3.17. The van der Waals surface area contributed by atoms with E-state index in [4.69, 9.17) is 0 Å². The smallest absolute Gasteiger partial charge is 0.257 e. The Bertz CT molecular complexity index is 470. The molecule has 1 heterocycles. The lowest BCUT2D eigenvalue weighted by atomic mass is 9.79. The normalized spacial score (nSPS) is 18.2. The molecule has 16 heavy (non-hydrogen) atoms. The standard InChI is InChI=1S/C12H12F3N/c1-7-11(2,3)10-8(12(13,14)15)5-4-6-9(10)16-7/h4-6H,1-3H3. The van der Waals surface area contributed by atoms with E-state index < -0.39 is 17.2 Å². The second-order valence-corrected chi connectivity index (χ2v) is 4.52. The SMILES string of the molecule is CC1=Nc2cccc(C(F)(F)F)c2C1(C)C. The molecule has 1 aromatic rings. The first-order valence-corrected chi connectivity index (χ1v) is 5.01. The van der Waals surface area contributed by atoms with Gasteiger partial charge in [0.1, 0.15) is 0 Å². The maximum Gasteiger partial charge on any atom is 0.416 e. The number of benzene rings is 1. The molecule has 0 aromatic heterocycles. The van der Waals surface area contributed by atoms with Crippen LogP contribution in [0.4, 0.5) is 18.9 Å². The van der Waals surface area contributed by atoms with Crippen molar-refractivity contribution in [3.8, 4) is 0 Å². The van der Waals surface area contributed by atoms with Crippen molar-refractivity contribution >= 4 is 11.4 Å². The van der Waals surface area contributed by atoms with E-state index in [-0.39, 0.29) is 0 Å². The molecule has 0 bridgehead atoms. The van der Waals surface area contributed by atoms with Crippen LogP contribution >= 0.6 is 0 Å². The molecule has 0 amide bonds. The quantitative estimate of drug-likeness (QED) is 0.633. The highest BCUT2D eigenvalue weighted by Crippen LogP contribution is 2.46. The van der Waals surface area contributed by atoms with Crippen molar-refractivity contribution in [2.24, 2.45) is 4.99 Å². The zero-order valence-electron chi connectivity index (χ0n) is 9.31. The minimum absolute atomic E-state index is 0.292. The monoisotopic (exact) mass is 227 g/mol. The zero-order chi connectivity index (χ0) is 12.1. The Kier molecular flexibility index (Phi) is 2.16. The zero-order valence-corrected chi connectivity index (χ0v) is 9.31. The predicted molar refractivity (Wildman–Crippen MR) is 57.2 cm³/mol. The average Bonchev–Trinajstić information content (AvgIpc) is 2.37. The maximum absolute atomic E-state index is 12.9. The molecule has 1 aliphatic heterocycles. The van der Waals surface area contributed by atoms with E-state index in [0.29, 0.717) is 11.3 Å². The van der Waals surface area contributed by atoms with Crippen molar-refractivity contribution in [3.05, 3.63) is 29.3 Å². The Balaban J connectivity index is 2.71. The molecular weight excluding hydrogens is 215 g/mol. The van der Waals surface area contributed by atoms with Gasteiger partial charge in [-0.3, -0.25) is 4.99 Å². The summed E-state index contributed by atoms with van der Waals surface area (Å²) in [6.07, 6.45) is -4.32. The van der Waals surface area contributed by atoms with Gasteiger partial charge in [-0.25, -0.2) is 0 Å². The molecule has 4 heteroatoms. The first-order valence-electron chi connectivity index (χ1n) is 5.01. The molecule has 0 unspecified atom stereocenters. The fourth-order valence-electron chi connectivity index (χ4n) is 2.03. The molecule has 2 rings (SSSR count). The highest BCUT2D eigenvalue weighted by atomic mass is 19.4. The predicted octanol–water partition coefficient (Wildman–Crippen LogP) is 4.09. The average molecular weight is 227 g/mol. The molecule has 0 spiro atoms. The molecule has 0 fully saturated rings. The molecule has 0 saturated carbocycles. The second kappa shape index (κ2) is 3.09. The summed E-state index contributed by atoms with van der Waals surface area (Å²) in [5.41, 5.74) is 0.244. The summed E-state index contributed by atoms with van der Waals surface area (Å²) in [5.74, 6) is 0. The lowest BCUT2D eigenvalue weighted by Crippen LogP contribution is -2.26. The summed E-state index contributed by atoms with van der Waals surface area (Å²) in [4.78, 5) is 4.20. The van der Waals surface area contributed by atoms with Gasteiger partial charge in [0.2, 0.25) is 0 Å². The molecule has 0 atom stereocenters. The van der Waals surface area contributed by atoms with Gasteiger partial charge in [0.25, 0.3) is 0 Å². The molecular formula is C12H12F3N. The van der Waals surface area contributed by atoms with Crippen LogP contribution in [0, 0.1) is 0 Å². The van der Waals surface area contributed by atoms with Crippen LogP contribution in [0.1, 0.15) is 31.9 Å². The van der Waals surface area contributed by atoms with Gasteiger partial charge in [-0.2, -0.15) is 13.2 Å². The molecule has 86 valence electrons. The topological polar surface area (TPSA) is 12.4 Å². The van der Waals surface area contributed by atoms with Gasteiger partial charge in [0, 0.05) is 16.7 Å². The number of halogens is 3. The van der Waals surface area contributed by atoms with Gasteiger partial charge >= 0.3 is 6.18 Å². The summed E-state index contributed by atoms with van der Waals surface area (Å²) in [6, 6.07) is 4.15. The van der Waals surface area contributed by atoms with Crippen molar-refractivity contribution in [2.75, 3.05) is 0 Å². The third-order valence-corrected chi connectivity index (χ3v) is 3.17. The molecule has 0 N–H and O–H groups in total. The van der Waals surface area contributed by atoms with Crippen LogP contribution in [0.2, 0.25) is 0 Å². The van der Waals surface area contributed by atoms with Crippen molar-refractivity contribution in [2.45, 2.75) is 32.4 Å². The largest absolute Gasteiger partial charge is 0.416 e. The minimum Gasteiger partial charge on any atom is -0.257 e. The van der Waals surface area contributed by atoms with Crippen molar-refractivity contribution < 1.29 is 13.2 Å². The second-order valence-electron chi connectivity index (χ2n) is 4.52. The van der Waals surface area contributed by atoms with Gasteiger partial charge in [-0.1, -0.05) is 19.9 Å². The summed E-state index contributed by atoms with van der Waals surface area (Å²) in [5, 5.41) is 0.